The summed E-state index contributed by atoms with van der Waals surface area (Å²) in [4.78, 5) is 0. The standard InChI is InChI=1S/C5H12O.2CH4/c1-5(2,3)6-4;;/h1-4H3;2*1H4. The Morgan fingerprint density at radius 1 is 1.00 bits per heavy atom. The van der Waals surface area contributed by atoms with Crippen molar-refractivity contribution in [2.24, 2.45) is 0 Å². The average molecular weight is 120 g/mol. The summed E-state index contributed by atoms with van der Waals surface area (Å²) in [6, 6.07) is 0. The summed E-state index contributed by atoms with van der Waals surface area (Å²) in [5.41, 5.74) is 0.0417. The molecule has 1 heteroatoms. The van der Waals surface area contributed by atoms with Gasteiger partial charge in [0, 0.05) is 7.11 Å². The van der Waals surface area contributed by atoms with E-state index in [1.165, 1.54) is 0 Å². The van der Waals surface area contributed by atoms with Crippen LogP contribution < -0.4 is 0 Å². The molecule has 0 rings (SSSR count). The Bertz CT molecular complexity index is 34.1. The first kappa shape index (κ1) is 15.7. The molecule has 0 aromatic carbocycles. The van der Waals surface area contributed by atoms with E-state index in [-0.39, 0.29) is 20.5 Å². The van der Waals surface area contributed by atoms with E-state index >= 15 is 0 Å². The molecule has 0 aliphatic heterocycles. The molecule has 0 radical (unpaired) electrons. The van der Waals surface area contributed by atoms with E-state index < -0.39 is 0 Å². The van der Waals surface area contributed by atoms with Gasteiger partial charge in [-0.05, 0) is 20.8 Å². The third-order valence-electron chi connectivity index (χ3n) is 0.612. The maximum atomic E-state index is 4.94. The van der Waals surface area contributed by atoms with Gasteiger partial charge in [0.25, 0.3) is 0 Å². The highest BCUT2D eigenvalue weighted by Gasteiger charge is 2.03. The summed E-state index contributed by atoms with van der Waals surface area (Å²) >= 11 is 0. The van der Waals surface area contributed by atoms with Crippen LogP contribution in [0.25, 0.3) is 0 Å². The summed E-state index contributed by atoms with van der Waals surface area (Å²) in [6.07, 6.45) is 0. The molecule has 54 valence electrons. The molecule has 8 heavy (non-hydrogen) atoms. The Balaban J connectivity index is -0.000000125. The molecular weight excluding hydrogens is 100 g/mol. The minimum absolute atomic E-state index is 0. The van der Waals surface area contributed by atoms with E-state index in [4.69, 9.17) is 4.74 Å². The Morgan fingerprint density at radius 3 is 1.12 bits per heavy atom. The van der Waals surface area contributed by atoms with Crippen LogP contribution in [0.15, 0.2) is 0 Å². The molecule has 0 spiro atoms. The van der Waals surface area contributed by atoms with Gasteiger partial charge >= 0.3 is 0 Å². The van der Waals surface area contributed by atoms with Gasteiger partial charge in [0.1, 0.15) is 0 Å². The minimum atomic E-state index is 0. The zero-order valence-corrected chi connectivity index (χ0v) is 4.91. The fraction of sp³-hybridized carbons (Fsp3) is 1.00. The lowest BCUT2D eigenvalue weighted by atomic mass is 10.2. The van der Waals surface area contributed by atoms with E-state index in [9.17, 15) is 0 Å². The third-order valence-corrected chi connectivity index (χ3v) is 0.612. The van der Waals surface area contributed by atoms with Gasteiger partial charge in [-0.25, -0.2) is 0 Å². The Morgan fingerprint density at radius 2 is 1.12 bits per heavy atom. The van der Waals surface area contributed by atoms with Crippen LogP contribution in [-0.2, 0) is 4.74 Å². The predicted octanol–water partition coefficient (Wildman–Crippen LogP) is 2.70. The zero-order valence-electron chi connectivity index (χ0n) is 4.91. The van der Waals surface area contributed by atoms with E-state index in [1.807, 2.05) is 20.8 Å². The fourth-order valence-corrected chi connectivity index (χ4v) is 0. The SMILES string of the molecule is C.C.COC(C)(C)C. The molecule has 0 atom stereocenters. The lowest BCUT2D eigenvalue weighted by molar-refractivity contribution is 0.0397. The van der Waals surface area contributed by atoms with Gasteiger partial charge in [0.05, 0.1) is 5.60 Å². The zero-order chi connectivity index (χ0) is 5.21. The second-order valence-corrected chi connectivity index (χ2v) is 2.32. The summed E-state index contributed by atoms with van der Waals surface area (Å²) in [7, 11) is 1.71. The quantitative estimate of drug-likeness (QED) is 0.477. The molecule has 0 saturated heterocycles. The van der Waals surface area contributed by atoms with Crippen molar-refractivity contribution in [1.29, 1.82) is 0 Å². The molecule has 0 heterocycles. The minimum Gasteiger partial charge on any atom is -0.379 e. The van der Waals surface area contributed by atoms with Crippen molar-refractivity contribution >= 4 is 0 Å². The molecule has 0 bridgehead atoms. The molecule has 0 N–H and O–H groups in total. The second-order valence-electron chi connectivity index (χ2n) is 2.32. The van der Waals surface area contributed by atoms with Crippen molar-refractivity contribution in [3.05, 3.63) is 0 Å². The van der Waals surface area contributed by atoms with Crippen molar-refractivity contribution < 1.29 is 4.74 Å². The van der Waals surface area contributed by atoms with Gasteiger partial charge in [-0.1, -0.05) is 14.9 Å². The molecule has 0 fully saturated rings. The molecule has 0 amide bonds. The highest BCUT2D eigenvalue weighted by Crippen LogP contribution is 2.02. The van der Waals surface area contributed by atoms with Crippen LogP contribution in [-0.4, -0.2) is 12.7 Å². The van der Waals surface area contributed by atoms with E-state index in [1.54, 1.807) is 7.11 Å². The number of rotatable bonds is 0. The van der Waals surface area contributed by atoms with E-state index in [0.29, 0.717) is 0 Å². The lowest BCUT2D eigenvalue weighted by Gasteiger charge is -2.14. The number of hydrogen-bond donors (Lipinski definition) is 0. The van der Waals surface area contributed by atoms with Gasteiger partial charge in [-0.15, -0.1) is 0 Å². The van der Waals surface area contributed by atoms with Crippen LogP contribution in [0.1, 0.15) is 35.6 Å². The second kappa shape index (κ2) is 5.10. The van der Waals surface area contributed by atoms with Gasteiger partial charge in [-0.2, -0.15) is 0 Å². The maximum Gasteiger partial charge on any atom is 0.0594 e. The Hall–Kier alpha value is -0.0400. The number of methoxy groups -OCH3 is 1. The van der Waals surface area contributed by atoms with Crippen molar-refractivity contribution in [3.8, 4) is 0 Å². The van der Waals surface area contributed by atoms with Crippen molar-refractivity contribution in [2.75, 3.05) is 7.11 Å². The van der Waals surface area contributed by atoms with Gasteiger partial charge in [0.15, 0.2) is 0 Å². The highest BCUT2D eigenvalue weighted by atomic mass is 16.5. The summed E-state index contributed by atoms with van der Waals surface area (Å²) in [5.74, 6) is 0. The Labute approximate surface area is 54.1 Å². The molecule has 0 unspecified atom stereocenters. The first-order chi connectivity index (χ1) is 2.56. The third kappa shape index (κ3) is 16.7. The molecule has 1 nitrogen and oxygen atoms in total. The molecule has 0 aromatic rings. The van der Waals surface area contributed by atoms with Crippen LogP contribution in [0, 0.1) is 0 Å². The van der Waals surface area contributed by atoms with Crippen LogP contribution >= 0.6 is 0 Å². The lowest BCUT2D eigenvalue weighted by Crippen LogP contribution is -2.15. The fourth-order valence-electron chi connectivity index (χ4n) is 0. The van der Waals surface area contributed by atoms with E-state index in [2.05, 4.69) is 0 Å². The van der Waals surface area contributed by atoms with Crippen LogP contribution in [0.4, 0.5) is 0 Å². The smallest absolute Gasteiger partial charge is 0.0594 e. The van der Waals surface area contributed by atoms with Crippen LogP contribution in [0.3, 0.4) is 0 Å². The average Bonchev–Trinajstić information content (AvgIpc) is 1.35. The van der Waals surface area contributed by atoms with Crippen LogP contribution in [0.5, 0.6) is 0 Å². The predicted molar refractivity (Wildman–Crippen MR) is 40.2 cm³/mol. The van der Waals surface area contributed by atoms with Gasteiger partial charge in [0.2, 0.25) is 0 Å². The molecule has 0 aliphatic carbocycles. The van der Waals surface area contributed by atoms with Gasteiger partial charge in [-0.3, -0.25) is 0 Å². The monoisotopic (exact) mass is 120 g/mol. The first-order valence-corrected chi connectivity index (χ1v) is 2.11. The van der Waals surface area contributed by atoms with Gasteiger partial charge < -0.3 is 4.74 Å². The van der Waals surface area contributed by atoms with E-state index in [0.717, 1.165) is 0 Å². The topological polar surface area (TPSA) is 9.23 Å². The first-order valence-electron chi connectivity index (χ1n) is 2.11. The maximum absolute atomic E-state index is 4.94. The molecule has 0 aromatic heterocycles. The van der Waals surface area contributed by atoms with Crippen molar-refractivity contribution in [1.82, 2.24) is 0 Å². The molecule has 0 saturated carbocycles. The number of ether oxygens (including phenoxy) is 1. The summed E-state index contributed by atoms with van der Waals surface area (Å²) in [6.45, 7) is 6.06. The molecule has 0 aliphatic rings. The summed E-state index contributed by atoms with van der Waals surface area (Å²) in [5, 5.41) is 0. The normalized spacial score (nSPS) is 9.00. The Kier molecular flexibility index (Phi) is 10.00. The van der Waals surface area contributed by atoms with Crippen LogP contribution in [0.2, 0.25) is 0 Å². The number of hydrogen-bond acceptors (Lipinski definition) is 1. The van der Waals surface area contributed by atoms with Crippen molar-refractivity contribution in [2.45, 2.75) is 41.2 Å². The largest absolute Gasteiger partial charge is 0.379 e. The highest BCUT2D eigenvalue weighted by molar-refractivity contribution is 4.55. The summed E-state index contributed by atoms with van der Waals surface area (Å²) < 4.78 is 4.94. The van der Waals surface area contributed by atoms with Crippen molar-refractivity contribution in [3.63, 3.8) is 0 Å². The molecular formula is C7H20O.